The molecule has 0 radical (unpaired) electrons. The van der Waals surface area contributed by atoms with Crippen LogP contribution in [0.5, 0.6) is 11.5 Å². The third-order valence-corrected chi connectivity index (χ3v) is 5.10. The summed E-state index contributed by atoms with van der Waals surface area (Å²) in [5.74, 6) is 0.0202. The molecule has 0 amide bonds. The molecule has 0 fully saturated rings. The predicted molar refractivity (Wildman–Crippen MR) is 120 cm³/mol. The summed E-state index contributed by atoms with van der Waals surface area (Å²) in [6.45, 7) is 4.06. The lowest BCUT2D eigenvalue weighted by molar-refractivity contribution is -0.0431. The van der Waals surface area contributed by atoms with Gasteiger partial charge in [-0.25, -0.2) is 9.78 Å². The minimum Gasteiger partial charge on any atom is -0.449 e. The molecule has 7 heteroatoms. The summed E-state index contributed by atoms with van der Waals surface area (Å²) in [5, 5.41) is 6.22. The number of aromatic nitrogens is 2. The van der Waals surface area contributed by atoms with E-state index in [4.69, 9.17) is 14.3 Å². The highest BCUT2D eigenvalue weighted by molar-refractivity contribution is 6.02. The number of hydrogen-bond donors (Lipinski definition) is 0. The summed E-state index contributed by atoms with van der Waals surface area (Å²) in [6, 6.07) is 18.8. The van der Waals surface area contributed by atoms with E-state index >= 15 is 0 Å². The van der Waals surface area contributed by atoms with Crippen molar-refractivity contribution in [1.82, 2.24) is 9.55 Å². The molecular formula is C25H21N3O4. The molecule has 5 rings (SSSR count). The molecule has 0 unspecified atom stereocenters. The lowest BCUT2D eigenvalue weighted by atomic mass is 10.1. The number of hydrogen-bond acceptors (Lipinski definition) is 6. The smallest absolute Gasteiger partial charge is 0.365 e. The molecule has 0 N–H and O–H groups in total. The number of benzene rings is 3. The fraction of sp³-hybridized carbons (Fsp3) is 0.160. The quantitative estimate of drug-likeness (QED) is 0.260. The maximum atomic E-state index is 12.7. The van der Waals surface area contributed by atoms with Crippen molar-refractivity contribution in [3.8, 4) is 11.5 Å². The average Bonchev–Trinajstić information content (AvgIpc) is 3.41. The Balaban J connectivity index is 1.43. The van der Waals surface area contributed by atoms with Crippen LogP contribution in [0.2, 0.25) is 0 Å². The van der Waals surface area contributed by atoms with Crippen molar-refractivity contribution in [3.63, 3.8) is 0 Å². The second-order valence-corrected chi connectivity index (χ2v) is 7.98. The summed E-state index contributed by atoms with van der Waals surface area (Å²) < 4.78 is 13.5. The number of rotatable bonds is 5. The van der Waals surface area contributed by atoms with E-state index in [0.29, 0.717) is 29.3 Å². The minimum absolute atomic E-state index is 0.369. The highest BCUT2D eigenvalue weighted by atomic mass is 16.7. The van der Waals surface area contributed by atoms with Crippen LogP contribution in [0, 0.1) is 0 Å². The fourth-order valence-electron chi connectivity index (χ4n) is 3.59. The van der Waals surface area contributed by atoms with Crippen LogP contribution in [0.3, 0.4) is 0 Å². The lowest BCUT2D eigenvalue weighted by Crippen LogP contribution is -2.29. The zero-order valence-electron chi connectivity index (χ0n) is 17.7. The SMILES string of the molecule is CC1(C)Oc2ccc(/C(Cn3ccnc3)=N/OC(=O)c3ccc4ccccc4c3)cc2O1. The number of carbonyl (C=O) groups is 1. The van der Waals surface area contributed by atoms with Crippen molar-refractivity contribution >= 4 is 22.5 Å². The van der Waals surface area contributed by atoms with Crippen molar-refractivity contribution in [2.45, 2.75) is 26.2 Å². The Kier molecular flexibility index (Phi) is 4.86. The molecule has 7 nitrogen and oxygen atoms in total. The molecule has 160 valence electrons. The molecule has 1 aromatic heterocycles. The molecule has 0 atom stereocenters. The molecule has 0 bridgehead atoms. The molecule has 1 aliphatic heterocycles. The maximum Gasteiger partial charge on any atom is 0.365 e. The van der Waals surface area contributed by atoms with Gasteiger partial charge < -0.3 is 18.9 Å². The van der Waals surface area contributed by atoms with E-state index < -0.39 is 11.8 Å². The number of imidazole rings is 1. The highest BCUT2D eigenvalue weighted by Crippen LogP contribution is 2.39. The Bertz CT molecular complexity index is 1330. The van der Waals surface area contributed by atoms with E-state index in [1.165, 1.54) is 0 Å². The normalized spacial score (nSPS) is 14.5. The first-order valence-corrected chi connectivity index (χ1v) is 10.2. The molecule has 0 saturated carbocycles. The average molecular weight is 427 g/mol. The van der Waals surface area contributed by atoms with Crippen molar-refractivity contribution < 1.29 is 19.1 Å². The van der Waals surface area contributed by atoms with Crippen LogP contribution < -0.4 is 9.47 Å². The highest BCUT2D eigenvalue weighted by Gasteiger charge is 2.32. The molecule has 0 saturated heterocycles. The Labute approximate surface area is 184 Å². The number of oxime groups is 1. The van der Waals surface area contributed by atoms with E-state index in [9.17, 15) is 4.79 Å². The molecule has 0 aliphatic carbocycles. The van der Waals surface area contributed by atoms with Crippen molar-refractivity contribution in [1.29, 1.82) is 0 Å². The van der Waals surface area contributed by atoms with Gasteiger partial charge in [-0.15, -0.1) is 0 Å². The third kappa shape index (κ3) is 4.05. The molecule has 3 aromatic carbocycles. The van der Waals surface area contributed by atoms with E-state index in [1.54, 1.807) is 24.7 Å². The standard InChI is InChI=1S/C25H21N3O4/c1-25(2)30-22-10-9-19(14-23(22)31-25)21(15-28-12-11-26-16-28)27-32-24(29)20-8-7-17-5-3-4-6-18(17)13-20/h3-14,16H,15H2,1-2H3/b27-21+. The lowest BCUT2D eigenvalue weighted by Gasteiger charge is -2.16. The van der Waals surface area contributed by atoms with Crippen LogP contribution >= 0.6 is 0 Å². The molecule has 0 spiro atoms. The van der Waals surface area contributed by atoms with Gasteiger partial charge in [0.15, 0.2) is 11.5 Å². The Hall–Kier alpha value is -4.13. The monoisotopic (exact) mass is 427 g/mol. The van der Waals surface area contributed by atoms with Crippen LogP contribution in [0.25, 0.3) is 10.8 Å². The fourth-order valence-corrected chi connectivity index (χ4v) is 3.59. The van der Waals surface area contributed by atoms with Crippen molar-refractivity contribution in [2.24, 2.45) is 5.16 Å². The first-order chi connectivity index (χ1) is 15.5. The van der Waals surface area contributed by atoms with Gasteiger partial charge in [0.2, 0.25) is 5.79 Å². The number of nitrogens with zero attached hydrogens (tertiary/aromatic N) is 3. The van der Waals surface area contributed by atoms with Gasteiger partial charge in [0.25, 0.3) is 0 Å². The van der Waals surface area contributed by atoms with E-state index in [2.05, 4.69) is 10.1 Å². The van der Waals surface area contributed by atoms with Crippen LogP contribution in [-0.2, 0) is 11.4 Å². The largest absolute Gasteiger partial charge is 0.449 e. The van der Waals surface area contributed by atoms with Crippen LogP contribution in [0.4, 0.5) is 0 Å². The molecule has 32 heavy (non-hydrogen) atoms. The first-order valence-electron chi connectivity index (χ1n) is 10.2. The van der Waals surface area contributed by atoms with Crippen molar-refractivity contribution in [2.75, 3.05) is 0 Å². The van der Waals surface area contributed by atoms with Gasteiger partial charge in [-0.1, -0.05) is 35.5 Å². The second kappa shape index (κ2) is 7.85. The summed E-state index contributed by atoms with van der Waals surface area (Å²) in [6.07, 6.45) is 5.17. The summed E-state index contributed by atoms with van der Waals surface area (Å²) in [5.41, 5.74) is 1.74. The third-order valence-electron chi connectivity index (χ3n) is 5.10. The Morgan fingerprint density at radius 2 is 1.78 bits per heavy atom. The number of ether oxygens (including phenoxy) is 2. The van der Waals surface area contributed by atoms with Crippen LogP contribution in [0.1, 0.15) is 29.8 Å². The summed E-state index contributed by atoms with van der Waals surface area (Å²) in [7, 11) is 0. The van der Waals surface area contributed by atoms with Gasteiger partial charge in [-0.05, 0) is 41.1 Å². The minimum atomic E-state index is -0.731. The van der Waals surface area contributed by atoms with Gasteiger partial charge in [-0.2, -0.15) is 0 Å². The van der Waals surface area contributed by atoms with Gasteiger partial charge in [0.05, 0.1) is 18.4 Å². The Morgan fingerprint density at radius 3 is 2.59 bits per heavy atom. The topological polar surface area (TPSA) is 74.9 Å². The summed E-state index contributed by atoms with van der Waals surface area (Å²) in [4.78, 5) is 22.1. The molecule has 2 heterocycles. The van der Waals surface area contributed by atoms with E-state index in [-0.39, 0.29) is 0 Å². The number of carbonyl (C=O) groups excluding carboxylic acids is 1. The molecule has 4 aromatic rings. The first kappa shape index (κ1) is 19.8. The maximum absolute atomic E-state index is 12.7. The van der Waals surface area contributed by atoms with Gasteiger partial charge >= 0.3 is 5.97 Å². The molecular weight excluding hydrogens is 406 g/mol. The zero-order chi connectivity index (χ0) is 22.1. The van der Waals surface area contributed by atoms with Gasteiger partial charge in [0.1, 0.15) is 5.71 Å². The van der Waals surface area contributed by atoms with E-state index in [1.807, 2.05) is 73.1 Å². The zero-order valence-corrected chi connectivity index (χ0v) is 17.7. The van der Waals surface area contributed by atoms with Crippen LogP contribution in [0.15, 0.2) is 84.5 Å². The molecule has 1 aliphatic rings. The number of fused-ring (bicyclic) bond motifs is 2. The predicted octanol–water partition coefficient (Wildman–Crippen LogP) is 4.80. The van der Waals surface area contributed by atoms with Gasteiger partial charge in [0, 0.05) is 31.8 Å². The van der Waals surface area contributed by atoms with E-state index in [0.717, 1.165) is 16.3 Å². The van der Waals surface area contributed by atoms with Crippen molar-refractivity contribution in [3.05, 3.63) is 90.5 Å². The Morgan fingerprint density at radius 1 is 1.00 bits per heavy atom. The van der Waals surface area contributed by atoms with Crippen LogP contribution in [-0.4, -0.2) is 27.0 Å². The second-order valence-electron chi connectivity index (χ2n) is 7.98. The van der Waals surface area contributed by atoms with Gasteiger partial charge in [-0.3, -0.25) is 0 Å². The summed E-state index contributed by atoms with van der Waals surface area (Å²) >= 11 is 0.